The van der Waals surface area contributed by atoms with Gasteiger partial charge < -0.3 is 10.5 Å². The van der Waals surface area contributed by atoms with Gasteiger partial charge in [-0.05, 0) is 31.8 Å². The molecule has 0 bridgehead atoms. The molecule has 1 heterocycles. The van der Waals surface area contributed by atoms with E-state index >= 15 is 0 Å². The average Bonchev–Trinajstić information content (AvgIpc) is 2.78. The van der Waals surface area contributed by atoms with Crippen molar-refractivity contribution in [3.8, 4) is 0 Å². The van der Waals surface area contributed by atoms with E-state index in [0.29, 0.717) is 6.04 Å². The van der Waals surface area contributed by atoms with E-state index in [1.54, 1.807) is 18.4 Å². The summed E-state index contributed by atoms with van der Waals surface area (Å²) < 4.78 is 5.25. The smallest absolute Gasteiger partial charge is 0.0615 e. The molecule has 0 radical (unpaired) electrons. The van der Waals surface area contributed by atoms with Gasteiger partial charge in [0.15, 0.2) is 0 Å². The van der Waals surface area contributed by atoms with E-state index in [1.165, 1.54) is 4.88 Å². The van der Waals surface area contributed by atoms with E-state index in [2.05, 4.69) is 43.2 Å². The van der Waals surface area contributed by atoms with Gasteiger partial charge in [-0.2, -0.15) is 0 Å². The fraction of sp³-hybridized carbons (Fsp3) is 0.692. The fourth-order valence-corrected chi connectivity index (χ4v) is 3.26. The minimum atomic E-state index is 0.118. The van der Waals surface area contributed by atoms with Gasteiger partial charge in [0.2, 0.25) is 0 Å². The molecule has 0 aliphatic carbocycles. The molecule has 0 aromatic carbocycles. The first kappa shape index (κ1) is 14.6. The highest BCUT2D eigenvalue weighted by atomic mass is 32.1. The molecule has 98 valence electrons. The predicted molar refractivity (Wildman–Crippen MR) is 74.4 cm³/mol. The van der Waals surface area contributed by atoms with Crippen LogP contribution in [0.3, 0.4) is 0 Å². The number of rotatable bonds is 7. The van der Waals surface area contributed by atoms with Crippen LogP contribution < -0.4 is 5.73 Å². The Morgan fingerprint density at radius 3 is 2.59 bits per heavy atom. The second-order valence-electron chi connectivity index (χ2n) is 4.45. The van der Waals surface area contributed by atoms with Gasteiger partial charge in [-0.15, -0.1) is 11.3 Å². The number of hydrogen-bond acceptors (Lipinski definition) is 4. The highest BCUT2D eigenvalue weighted by Gasteiger charge is 2.27. The van der Waals surface area contributed by atoms with Crippen molar-refractivity contribution in [3.05, 3.63) is 22.4 Å². The minimum absolute atomic E-state index is 0.118. The van der Waals surface area contributed by atoms with Crippen LogP contribution >= 0.6 is 11.3 Å². The fourth-order valence-electron chi connectivity index (χ4n) is 2.30. The third-order valence-corrected chi connectivity index (χ3v) is 3.97. The van der Waals surface area contributed by atoms with E-state index in [9.17, 15) is 0 Å². The number of thiophene rings is 1. The normalized spacial score (nSPS) is 17.1. The Labute approximate surface area is 109 Å². The van der Waals surface area contributed by atoms with Crippen molar-refractivity contribution in [1.82, 2.24) is 4.90 Å². The summed E-state index contributed by atoms with van der Waals surface area (Å²) in [6.07, 6.45) is 0. The lowest BCUT2D eigenvalue weighted by Gasteiger charge is -2.37. The van der Waals surface area contributed by atoms with Crippen molar-refractivity contribution in [3.63, 3.8) is 0 Å². The summed E-state index contributed by atoms with van der Waals surface area (Å²) in [4.78, 5) is 3.75. The van der Waals surface area contributed by atoms with Crippen molar-refractivity contribution >= 4 is 11.3 Å². The molecule has 1 aromatic rings. The van der Waals surface area contributed by atoms with Crippen LogP contribution in [0.25, 0.3) is 0 Å². The third kappa shape index (κ3) is 3.78. The Morgan fingerprint density at radius 2 is 2.18 bits per heavy atom. The molecule has 0 saturated heterocycles. The summed E-state index contributed by atoms with van der Waals surface area (Å²) in [6, 6.07) is 5.03. The maximum Gasteiger partial charge on any atom is 0.0615 e. The van der Waals surface area contributed by atoms with Crippen LogP contribution in [0, 0.1) is 0 Å². The molecule has 1 rings (SSSR count). The van der Waals surface area contributed by atoms with Crippen LogP contribution in [0.15, 0.2) is 17.5 Å². The number of ether oxygens (including phenoxy) is 1. The molecule has 4 heteroatoms. The lowest BCUT2D eigenvalue weighted by Crippen LogP contribution is -2.45. The minimum Gasteiger partial charge on any atom is -0.383 e. The standard InChI is InChI=1S/C13H24N2OS/c1-5-15(10(2)9-16-4)13(11(3)14)12-7-6-8-17-12/h6-8,10-11,13H,5,9,14H2,1-4H3. The molecule has 0 spiro atoms. The van der Waals surface area contributed by atoms with Crippen LogP contribution in [0.4, 0.5) is 0 Å². The molecule has 3 nitrogen and oxygen atoms in total. The molecule has 0 saturated carbocycles. The zero-order chi connectivity index (χ0) is 12.8. The largest absolute Gasteiger partial charge is 0.383 e. The summed E-state index contributed by atoms with van der Waals surface area (Å²) >= 11 is 1.78. The molecular weight excluding hydrogens is 232 g/mol. The van der Waals surface area contributed by atoms with E-state index in [1.807, 2.05) is 0 Å². The average molecular weight is 256 g/mol. The Balaban J connectivity index is 2.88. The molecule has 0 aliphatic rings. The molecule has 3 atom stereocenters. The van der Waals surface area contributed by atoms with Gasteiger partial charge >= 0.3 is 0 Å². The van der Waals surface area contributed by atoms with Gasteiger partial charge in [-0.1, -0.05) is 13.0 Å². The third-order valence-electron chi connectivity index (χ3n) is 3.03. The Kier molecular flexibility index (Phi) is 6.12. The summed E-state index contributed by atoms with van der Waals surface area (Å²) in [5.41, 5.74) is 6.16. The number of nitrogens with zero attached hydrogens (tertiary/aromatic N) is 1. The number of hydrogen-bond donors (Lipinski definition) is 1. The highest BCUT2D eigenvalue weighted by Crippen LogP contribution is 2.28. The van der Waals surface area contributed by atoms with Crippen LogP contribution in [-0.2, 0) is 4.74 Å². The predicted octanol–water partition coefficient (Wildman–Crippen LogP) is 2.49. The molecule has 0 fully saturated rings. The second kappa shape index (κ2) is 7.11. The molecule has 17 heavy (non-hydrogen) atoms. The van der Waals surface area contributed by atoms with Crippen LogP contribution in [0.2, 0.25) is 0 Å². The SMILES string of the molecule is CCN(C(C)COC)C(c1cccs1)C(C)N. The van der Waals surface area contributed by atoms with Gasteiger partial charge in [0.1, 0.15) is 0 Å². The summed E-state index contributed by atoms with van der Waals surface area (Å²) in [6.45, 7) is 8.16. The van der Waals surface area contributed by atoms with Gasteiger partial charge in [-0.3, -0.25) is 4.90 Å². The van der Waals surface area contributed by atoms with Crippen molar-refractivity contribution in [1.29, 1.82) is 0 Å². The zero-order valence-electron chi connectivity index (χ0n) is 11.2. The summed E-state index contributed by atoms with van der Waals surface area (Å²) in [5, 5.41) is 2.11. The molecular formula is C13H24N2OS. The van der Waals surface area contributed by atoms with E-state index in [4.69, 9.17) is 10.5 Å². The van der Waals surface area contributed by atoms with Gasteiger partial charge in [0, 0.05) is 24.1 Å². The Bertz CT molecular complexity index is 300. The summed E-state index contributed by atoms with van der Waals surface area (Å²) in [5.74, 6) is 0. The van der Waals surface area contributed by atoms with Crippen molar-refractivity contribution in [2.45, 2.75) is 38.9 Å². The van der Waals surface area contributed by atoms with Crippen LogP contribution in [-0.4, -0.2) is 37.2 Å². The second-order valence-corrected chi connectivity index (χ2v) is 5.43. The lowest BCUT2D eigenvalue weighted by molar-refractivity contribution is 0.0666. The van der Waals surface area contributed by atoms with Gasteiger partial charge in [0.05, 0.1) is 12.6 Å². The van der Waals surface area contributed by atoms with Gasteiger partial charge in [-0.25, -0.2) is 0 Å². The van der Waals surface area contributed by atoms with E-state index < -0.39 is 0 Å². The van der Waals surface area contributed by atoms with E-state index in [0.717, 1.165) is 13.2 Å². The van der Waals surface area contributed by atoms with Crippen molar-refractivity contribution in [2.24, 2.45) is 5.73 Å². The Hall–Kier alpha value is -0.420. The first-order valence-electron chi connectivity index (χ1n) is 6.15. The quantitative estimate of drug-likeness (QED) is 0.814. The van der Waals surface area contributed by atoms with Crippen molar-refractivity contribution in [2.75, 3.05) is 20.3 Å². The lowest BCUT2D eigenvalue weighted by atomic mass is 10.0. The van der Waals surface area contributed by atoms with Crippen LogP contribution in [0.1, 0.15) is 31.7 Å². The molecule has 3 unspecified atom stereocenters. The highest BCUT2D eigenvalue weighted by molar-refractivity contribution is 7.10. The Morgan fingerprint density at radius 1 is 1.47 bits per heavy atom. The van der Waals surface area contributed by atoms with E-state index in [-0.39, 0.29) is 12.1 Å². The van der Waals surface area contributed by atoms with Crippen LogP contribution in [0.5, 0.6) is 0 Å². The van der Waals surface area contributed by atoms with Crippen molar-refractivity contribution < 1.29 is 4.74 Å². The number of likely N-dealkylation sites (N-methyl/N-ethyl adjacent to an activating group) is 1. The maximum absolute atomic E-state index is 6.16. The first-order valence-corrected chi connectivity index (χ1v) is 7.03. The zero-order valence-corrected chi connectivity index (χ0v) is 12.0. The first-order chi connectivity index (χ1) is 8.11. The monoisotopic (exact) mass is 256 g/mol. The number of nitrogens with two attached hydrogens (primary N) is 1. The molecule has 2 N–H and O–H groups in total. The number of methoxy groups -OCH3 is 1. The summed E-state index contributed by atoms with van der Waals surface area (Å²) in [7, 11) is 1.75. The molecule has 0 aliphatic heterocycles. The van der Waals surface area contributed by atoms with Gasteiger partial charge in [0.25, 0.3) is 0 Å². The molecule has 1 aromatic heterocycles. The maximum atomic E-state index is 6.16. The molecule has 0 amide bonds. The topological polar surface area (TPSA) is 38.5 Å².